The summed E-state index contributed by atoms with van der Waals surface area (Å²) in [5, 5.41) is 26.2. The molecule has 0 unspecified atom stereocenters. The quantitative estimate of drug-likeness (QED) is 0.407. The number of aryl methyl sites for hydroxylation is 2. The molecular formula is C20H18F2N8O3S2. The lowest BCUT2D eigenvalue weighted by molar-refractivity contribution is 0.150. The second kappa shape index (κ2) is 7.77. The number of nitrogens with two attached hydrogens (primary N) is 1. The van der Waals surface area contributed by atoms with E-state index in [1.165, 1.54) is 16.7 Å². The van der Waals surface area contributed by atoms with E-state index in [4.69, 9.17) is 5.14 Å². The topological polar surface area (TPSA) is 154 Å². The molecule has 11 nitrogen and oxygen atoms in total. The molecule has 0 amide bonds. The van der Waals surface area contributed by atoms with Crippen LogP contribution in [0.15, 0.2) is 27.9 Å². The van der Waals surface area contributed by atoms with Gasteiger partial charge in [-0.25, -0.2) is 31.7 Å². The maximum absolute atomic E-state index is 13.7. The van der Waals surface area contributed by atoms with Crippen molar-refractivity contribution in [1.82, 2.24) is 29.1 Å². The molecule has 1 aliphatic rings. The van der Waals surface area contributed by atoms with E-state index in [9.17, 15) is 27.3 Å². The van der Waals surface area contributed by atoms with Gasteiger partial charge in [0.05, 0.1) is 45.3 Å². The summed E-state index contributed by atoms with van der Waals surface area (Å²) in [7, 11) is -2.58. The molecule has 3 heterocycles. The zero-order valence-corrected chi connectivity index (χ0v) is 20.1. The Hall–Kier alpha value is -3.48. The smallest absolute Gasteiger partial charge is 0.286 e. The lowest BCUT2D eigenvalue weighted by Crippen LogP contribution is -2.25. The molecule has 1 aromatic carbocycles. The van der Waals surface area contributed by atoms with Gasteiger partial charge in [-0.2, -0.15) is 10.4 Å². The van der Waals surface area contributed by atoms with E-state index in [-0.39, 0.29) is 27.7 Å². The summed E-state index contributed by atoms with van der Waals surface area (Å²) < 4.78 is 55.5. The molecule has 182 valence electrons. The molecule has 3 aromatic heterocycles. The minimum Gasteiger partial charge on any atom is -0.286 e. The highest BCUT2D eigenvalue weighted by atomic mass is 32.2. The van der Waals surface area contributed by atoms with Gasteiger partial charge < -0.3 is 0 Å². The van der Waals surface area contributed by atoms with E-state index in [1.54, 1.807) is 24.7 Å². The number of fused-ring (bicyclic) bond motifs is 1. The van der Waals surface area contributed by atoms with Crippen LogP contribution in [0, 0.1) is 18.3 Å². The van der Waals surface area contributed by atoms with E-state index >= 15 is 0 Å². The average Bonchev–Trinajstić information content (AvgIpc) is 3.16. The Balaban J connectivity index is 1.91. The van der Waals surface area contributed by atoms with Gasteiger partial charge in [-0.3, -0.25) is 9.25 Å². The molecule has 1 fully saturated rings. The van der Waals surface area contributed by atoms with Gasteiger partial charge in [-0.1, -0.05) is 11.3 Å². The maximum Gasteiger partial charge on any atom is 0.335 e. The third kappa shape index (κ3) is 3.65. The van der Waals surface area contributed by atoms with Gasteiger partial charge in [-0.15, -0.1) is 10.2 Å². The van der Waals surface area contributed by atoms with Crippen LogP contribution in [0.25, 0.3) is 16.2 Å². The van der Waals surface area contributed by atoms with Gasteiger partial charge >= 0.3 is 5.69 Å². The first-order valence-electron chi connectivity index (χ1n) is 10.3. The predicted octanol–water partition coefficient (Wildman–Crippen LogP) is 1.87. The first-order valence-corrected chi connectivity index (χ1v) is 12.7. The summed E-state index contributed by atoms with van der Waals surface area (Å²) in [6.45, 7) is 1.84. The lowest BCUT2D eigenvalue weighted by atomic mass is 9.96. The number of primary sulfonamides is 1. The van der Waals surface area contributed by atoms with Gasteiger partial charge in [0, 0.05) is 12.6 Å². The zero-order valence-electron chi connectivity index (χ0n) is 18.4. The van der Waals surface area contributed by atoms with Crippen molar-refractivity contribution in [1.29, 1.82) is 5.26 Å². The summed E-state index contributed by atoms with van der Waals surface area (Å²) in [6.07, 6.45) is -2.20. The average molecular weight is 521 g/mol. The van der Waals surface area contributed by atoms with E-state index in [0.29, 0.717) is 35.4 Å². The molecular weight excluding hydrogens is 502 g/mol. The van der Waals surface area contributed by atoms with Gasteiger partial charge in [0.25, 0.3) is 6.43 Å². The Labute approximate surface area is 201 Å². The summed E-state index contributed by atoms with van der Waals surface area (Å²) >= 11 is 0.507. The summed E-state index contributed by atoms with van der Waals surface area (Å²) in [5.74, 6) is 0. The van der Waals surface area contributed by atoms with Crippen molar-refractivity contribution in [3.8, 4) is 11.2 Å². The number of imidazole rings is 1. The number of halogens is 2. The molecule has 5 rings (SSSR count). The van der Waals surface area contributed by atoms with Crippen LogP contribution in [0.4, 0.5) is 8.78 Å². The van der Waals surface area contributed by atoms with Gasteiger partial charge in [-0.05, 0) is 38.0 Å². The molecule has 0 spiro atoms. The zero-order chi connectivity index (χ0) is 25.3. The molecule has 0 saturated heterocycles. The van der Waals surface area contributed by atoms with Crippen molar-refractivity contribution in [2.75, 3.05) is 0 Å². The molecule has 2 N–H and O–H groups in total. The Bertz CT molecular complexity index is 1700. The Morgan fingerprint density at radius 2 is 2.03 bits per heavy atom. The van der Waals surface area contributed by atoms with Crippen LogP contribution in [0.1, 0.15) is 41.2 Å². The van der Waals surface area contributed by atoms with Crippen molar-refractivity contribution >= 4 is 32.4 Å². The first-order chi connectivity index (χ1) is 16.5. The number of nitriles is 1. The van der Waals surface area contributed by atoms with E-state index in [1.807, 2.05) is 0 Å². The second-order valence-corrected chi connectivity index (χ2v) is 10.9. The van der Waals surface area contributed by atoms with Crippen molar-refractivity contribution < 1.29 is 17.2 Å². The van der Waals surface area contributed by atoms with Crippen molar-refractivity contribution in [2.24, 2.45) is 12.2 Å². The highest BCUT2D eigenvalue weighted by Crippen LogP contribution is 2.52. The Kier molecular flexibility index (Phi) is 5.16. The first kappa shape index (κ1) is 23.3. The van der Waals surface area contributed by atoms with Gasteiger partial charge in [0.15, 0.2) is 5.01 Å². The molecule has 4 aromatic rings. The third-order valence-electron chi connectivity index (χ3n) is 6.03. The fourth-order valence-electron chi connectivity index (χ4n) is 4.28. The SMILES string of the molecule is Cc1cc(Cn2c(=O)n(-c3nnc(C(F)F)s3)c3c(C4(C#N)CC4)c(S(N)(=O)=O)ccc32)n(C)n1. The minimum atomic E-state index is -4.29. The minimum absolute atomic E-state index is 0.0495. The van der Waals surface area contributed by atoms with Gasteiger partial charge in [0.1, 0.15) is 0 Å². The molecule has 15 heteroatoms. The number of benzene rings is 1. The predicted molar refractivity (Wildman–Crippen MR) is 121 cm³/mol. The molecule has 0 bridgehead atoms. The lowest BCUT2D eigenvalue weighted by Gasteiger charge is -2.15. The van der Waals surface area contributed by atoms with E-state index < -0.39 is 32.6 Å². The number of alkyl halides is 2. The summed E-state index contributed by atoms with van der Waals surface area (Å²) in [5.41, 5.74) is -0.0106. The highest BCUT2D eigenvalue weighted by molar-refractivity contribution is 7.89. The monoisotopic (exact) mass is 520 g/mol. The van der Waals surface area contributed by atoms with Crippen LogP contribution in [0.3, 0.4) is 0 Å². The summed E-state index contributed by atoms with van der Waals surface area (Å²) in [6, 6.07) is 6.63. The number of sulfonamides is 1. The van der Waals surface area contributed by atoms with Crippen LogP contribution >= 0.6 is 11.3 Å². The number of rotatable bonds is 6. The van der Waals surface area contributed by atoms with Crippen LogP contribution < -0.4 is 10.8 Å². The van der Waals surface area contributed by atoms with Crippen molar-refractivity contribution in [2.45, 2.75) is 43.0 Å². The van der Waals surface area contributed by atoms with Crippen LogP contribution in [-0.2, 0) is 29.0 Å². The molecule has 0 atom stereocenters. The highest BCUT2D eigenvalue weighted by Gasteiger charge is 2.50. The number of nitrogens with zero attached hydrogens (tertiary/aromatic N) is 7. The van der Waals surface area contributed by atoms with Gasteiger partial charge in [0.2, 0.25) is 15.2 Å². The second-order valence-electron chi connectivity index (χ2n) is 8.37. The Morgan fingerprint density at radius 1 is 1.31 bits per heavy atom. The van der Waals surface area contributed by atoms with E-state index in [2.05, 4.69) is 21.4 Å². The van der Waals surface area contributed by atoms with Crippen LogP contribution in [-0.4, -0.2) is 37.5 Å². The number of hydrogen-bond acceptors (Lipinski definition) is 8. The Morgan fingerprint density at radius 3 is 2.54 bits per heavy atom. The maximum atomic E-state index is 13.7. The molecule has 35 heavy (non-hydrogen) atoms. The number of aromatic nitrogens is 6. The molecule has 0 radical (unpaired) electrons. The third-order valence-corrected chi connectivity index (χ3v) is 7.90. The normalized spacial score (nSPS) is 15.1. The molecule has 0 aliphatic heterocycles. The summed E-state index contributed by atoms with van der Waals surface area (Å²) in [4.78, 5) is 13.4. The van der Waals surface area contributed by atoms with Crippen molar-refractivity contribution in [3.63, 3.8) is 0 Å². The standard InChI is InChI=1S/C20H18F2N8O3S2/c1-10-7-11(28(2)27-10)8-29-12-3-4-13(35(24,32)33)14(20(9-23)5-6-20)15(12)30(19(29)31)18-26-25-17(34-18)16(21)22/h3-4,7,16H,5-6,8H2,1-2H3,(H2,24,32,33). The fourth-order valence-corrected chi connectivity index (χ4v) is 5.81. The number of hydrogen-bond donors (Lipinski definition) is 1. The van der Waals surface area contributed by atoms with Crippen LogP contribution in [0.5, 0.6) is 0 Å². The van der Waals surface area contributed by atoms with E-state index in [0.717, 1.165) is 10.3 Å². The largest absolute Gasteiger partial charge is 0.335 e. The van der Waals surface area contributed by atoms with Crippen molar-refractivity contribution in [3.05, 3.63) is 50.6 Å². The molecule has 1 saturated carbocycles. The van der Waals surface area contributed by atoms with Crippen LogP contribution in [0.2, 0.25) is 0 Å². The molecule has 1 aliphatic carbocycles. The fraction of sp³-hybridized carbons (Fsp3) is 0.350.